The van der Waals surface area contributed by atoms with Crippen LogP contribution >= 0.6 is 0 Å². The van der Waals surface area contributed by atoms with E-state index in [2.05, 4.69) is 32.1 Å². The molecule has 2 saturated heterocycles. The molecule has 1 unspecified atom stereocenters. The van der Waals surface area contributed by atoms with Crippen molar-refractivity contribution in [2.75, 3.05) is 46.2 Å². The van der Waals surface area contributed by atoms with Gasteiger partial charge in [0.25, 0.3) is 0 Å². The van der Waals surface area contributed by atoms with Gasteiger partial charge in [-0.1, -0.05) is 12.1 Å². The molecule has 0 saturated carbocycles. The lowest BCUT2D eigenvalue weighted by atomic mass is 9.83. The van der Waals surface area contributed by atoms with Crippen molar-refractivity contribution in [3.05, 3.63) is 42.2 Å². The van der Waals surface area contributed by atoms with E-state index in [1.165, 1.54) is 0 Å². The molecule has 4 rings (SSSR count). The molecule has 0 aliphatic carbocycles. The van der Waals surface area contributed by atoms with E-state index in [-0.39, 0.29) is 17.9 Å². The SMILES string of the molecule is COc1ncc(CN2CCCC([C@H]3[C@H](C(=O)Nc4ccccc4OC)CCN3C)C2)cn1. The van der Waals surface area contributed by atoms with Crippen LogP contribution < -0.4 is 14.8 Å². The fraction of sp³-hybridized carbons (Fsp3) is 0.542. The number of piperidine rings is 1. The molecule has 1 amide bonds. The lowest BCUT2D eigenvalue weighted by molar-refractivity contribution is -0.121. The fourth-order valence-electron chi connectivity index (χ4n) is 5.22. The maximum atomic E-state index is 13.3. The number of likely N-dealkylation sites (tertiary alicyclic amines) is 2. The number of methoxy groups -OCH3 is 2. The maximum Gasteiger partial charge on any atom is 0.316 e. The molecule has 2 aliphatic heterocycles. The van der Waals surface area contributed by atoms with Gasteiger partial charge < -0.3 is 19.7 Å². The van der Waals surface area contributed by atoms with Crippen LogP contribution in [0.3, 0.4) is 0 Å². The van der Waals surface area contributed by atoms with Crippen molar-refractivity contribution in [1.29, 1.82) is 0 Å². The molecule has 2 aromatic rings. The number of ether oxygens (including phenoxy) is 2. The molecule has 2 fully saturated rings. The summed E-state index contributed by atoms with van der Waals surface area (Å²) >= 11 is 0. The van der Waals surface area contributed by atoms with Gasteiger partial charge in [-0.2, -0.15) is 0 Å². The van der Waals surface area contributed by atoms with Gasteiger partial charge in [0, 0.05) is 37.1 Å². The van der Waals surface area contributed by atoms with Crippen LogP contribution in [0.4, 0.5) is 5.69 Å². The molecule has 1 aromatic carbocycles. The van der Waals surface area contributed by atoms with Crippen molar-refractivity contribution in [3.8, 4) is 11.8 Å². The normalized spacial score (nSPS) is 24.3. The Morgan fingerprint density at radius 3 is 2.66 bits per heavy atom. The number of hydrogen-bond acceptors (Lipinski definition) is 7. The van der Waals surface area contributed by atoms with Gasteiger partial charge in [-0.05, 0) is 57.5 Å². The average Bonchev–Trinajstić information content (AvgIpc) is 3.21. The van der Waals surface area contributed by atoms with Gasteiger partial charge in [-0.3, -0.25) is 9.69 Å². The predicted molar refractivity (Wildman–Crippen MR) is 123 cm³/mol. The van der Waals surface area contributed by atoms with Gasteiger partial charge >= 0.3 is 6.01 Å². The molecule has 0 spiro atoms. The summed E-state index contributed by atoms with van der Waals surface area (Å²) < 4.78 is 10.5. The molecule has 8 heteroatoms. The number of rotatable bonds is 7. The van der Waals surface area contributed by atoms with Gasteiger partial charge in [0.1, 0.15) is 5.75 Å². The number of para-hydroxylation sites is 2. The van der Waals surface area contributed by atoms with Crippen molar-refractivity contribution in [2.24, 2.45) is 11.8 Å². The van der Waals surface area contributed by atoms with Gasteiger partial charge in [0.2, 0.25) is 5.91 Å². The Balaban J connectivity index is 1.42. The number of nitrogens with one attached hydrogen (secondary N) is 1. The number of anilines is 1. The van der Waals surface area contributed by atoms with E-state index in [0.717, 1.165) is 56.7 Å². The molecule has 172 valence electrons. The third kappa shape index (κ3) is 5.02. The van der Waals surface area contributed by atoms with E-state index in [1.54, 1.807) is 14.2 Å². The van der Waals surface area contributed by atoms with Crippen molar-refractivity contribution < 1.29 is 14.3 Å². The van der Waals surface area contributed by atoms with Gasteiger partial charge in [0.05, 0.1) is 25.8 Å². The van der Waals surface area contributed by atoms with Crippen LogP contribution in [-0.2, 0) is 11.3 Å². The topological polar surface area (TPSA) is 79.8 Å². The van der Waals surface area contributed by atoms with Crippen molar-refractivity contribution in [3.63, 3.8) is 0 Å². The number of amides is 1. The summed E-state index contributed by atoms with van der Waals surface area (Å²) in [6.45, 7) is 3.78. The molecular weight excluding hydrogens is 406 g/mol. The first-order valence-corrected chi connectivity index (χ1v) is 11.3. The summed E-state index contributed by atoms with van der Waals surface area (Å²) in [5.41, 5.74) is 1.81. The Labute approximate surface area is 189 Å². The molecule has 3 atom stereocenters. The van der Waals surface area contributed by atoms with E-state index in [0.29, 0.717) is 17.7 Å². The molecule has 0 radical (unpaired) electrons. The third-order valence-electron chi connectivity index (χ3n) is 6.71. The van der Waals surface area contributed by atoms with Gasteiger partial charge in [-0.25, -0.2) is 9.97 Å². The Morgan fingerprint density at radius 1 is 1.12 bits per heavy atom. The number of carbonyl (C=O) groups excluding carboxylic acids is 1. The molecule has 1 N–H and O–H groups in total. The van der Waals surface area contributed by atoms with Crippen LogP contribution in [0.15, 0.2) is 36.7 Å². The van der Waals surface area contributed by atoms with E-state index >= 15 is 0 Å². The lowest BCUT2D eigenvalue weighted by Crippen LogP contribution is -2.48. The van der Waals surface area contributed by atoms with Crippen molar-refractivity contribution in [1.82, 2.24) is 19.8 Å². The summed E-state index contributed by atoms with van der Waals surface area (Å²) in [4.78, 5) is 26.6. The first-order valence-electron chi connectivity index (χ1n) is 11.3. The van der Waals surface area contributed by atoms with E-state index < -0.39 is 0 Å². The van der Waals surface area contributed by atoms with E-state index in [9.17, 15) is 4.79 Å². The monoisotopic (exact) mass is 439 g/mol. The van der Waals surface area contributed by atoms with E-state index in [4.69, 9.17) is 9.47 Å². The van der Waals surface area contributed by atoms with Crippen LogP contribution in [0.2, 0.25) is 0 Å². The van der Waals surface area contributed by atoms with Crippen LogP contribution in [0.1, 0.15) is 24.8 Å². The number of nitrogens with zero attached hydrogens (tertiary/aromatic N) is 4. The quantitative estimate of drug-likeness (QED) is 0.710. The maximum absolute atomic E-state index is 13.3. The molecule has 32 heavy (non-hydrogen) atoms. The first kappa shape index (κ1) is 22.5. The third-order valence-corrected chi connectivity index (χ3v) is 6.71. The Hall–Kier alpha value is -2.71. The first-order chi connectivity index (χ1) is 15.6. The molecule has 3 heterocycles. The summed E-state index contributed by atoms with van der Waals surface area (Å²) in [7, 11) is 5.35. The number of hydrogen-bond donors (Lipinski definition) is 1. The molecular formula is C24H33N5O3. The highest BCUT2D eigenvalue weighted by atomic mass is 16.5. The number of carbonyl (C=O) groups is 1. The highest BCUT2D eigenvalue weighted by Gasteiger charge is 2.42. The number of benzene rings is 1. The molecule has 1 aromatic heterocycles. The molecule has 2 aliphatic rings. The van der Waals surface area contributed by atoms with Gasteiger partial charge in [-0.15, -0.1) is 0 Å². The van der Waals surface area contributed by atoms with Crippen LogP contribution in [0.5, 0.6) is 11.8 Å². The number of aromatic nitrogens is 2. The van der Waals surface area contributed by atoms with Crippen molar-refractivity contribution >= 4 is 11.6 Å². The van der Waals surface area contributed by atoms with Gasteiger partial charge in [0.15, 0.2) is 0 Å². The predicted octanol–water partition coefficient (Wildman–Crippen LogP) is 2.66. The smallest absolute Gasteiger partial charge is 0.316 e. The summed E-state index contributed by atoms with van der Waals surface area (Å²) in [6, 6.07) is 8.21. The van der Waals surface area contributed by atoms with E-state index in [1.807, 2.05) is 36.7 Å². The second kappa shape index (κ2) is 10.3. The second-order valence-electron chi connectivity index (χ2n) is 8.77. The Kier molecular flexibility index (Phi) is 7.22. The molecule has 0 bridgehead atoms. The Morgan fingerprint density at radius 2 is 1.91 bits per heavy atom. The van der Waals surface area contributed by atoms with Crippen LogP contribution in [0, 0.1) is 11.8 Å². The minimum Gasteiger partial charge on any atom is -0.495 e. The summed E-state index contributed by atoms with van der Waals surface area (Å²) in [5, 5.41) is 3.12. The largest absolute Gasteiger partial charge is 0.495 e. The fourth-order valence-corrected chi connectivity index (χ4v) is 5.22. The summed E-state index contributed by atoms with van der Waals surface area (Å²) in [6.07, 6.45) is 6.82. The second-order valence-corrected chi connectivity index (χ2v) is 8.77. The van der Waals surface area contributed by atoms with Crippen LogP contribution in [0.25, 0.3) is 0 Å². The lowest BCUT2D eigenvalue weighted by Gasteiger charge is -2.39. The standard InChI is InChI=1S/C24H33N5O3/c1-28-12-10-19(23(30)27-20-8-4-5-9-21(20)31-2)22(28)18-7-6-11-29(16-18)15-17-13-25-24(32-3)26-14-17/h4-5,8-9,13-14,18-19,22H,6-7,10-12,15-16H2,1-3H3,(H,27,30)/t18?,19-,22+/m1/s1. The zero-order valence-electron chi connectivity index (χ0n) is 19.2. The highest BCUT2D eigenvalue weighted by Crippen LogP contribution is 2.35. The summed E-state index contributed by atoms with van der Waals surface area (Å²) in [5.74, 6) is 1.20. The minimum atomic E-state index is -0.0285. The zero-order valence-corrected chi connectivity index (χ0v) is 19.2. The van der Waals surface area contributed by atoms with Crippen molar-refractivity contribution in [2.45, 2.75) is 31.8 Å². The highest BCUT2D eigenvalue weighted by molar-refractivity contribution is 5.94. The van der Waals surface area contributed by atoms with Crippen LogP contribution in [-0.4, -0.2) is 72.6 Å². The zero-order chi connectivity index (χ0) is 22.5. The minimum absolute atomic E-state index is 0.0285. The Bertz CT molecular complexity index is 907. The average molecular weight is 440 g/mol. The molecule has 8 nitrogen and oxygen atoms in total.